The van der Waals surface area contributed by atoms with Crippen molar-refractivity contribution < 1.29 is 17.9 Å². The minimum atomic E-state index is -3.04. The van der Waals surface area contributed by atoms with E-state index in [0.29, 0.717) is 23.6 Å². The summed E-state index contributed by atoms with van der Waals surface area (Å²) in [7, 11) is -3.04. The van der Waals surface area contributed by atoms with Crippen LogP contribution in [0.4, 0.5) is 0 Å². The first-order valence-electron chi connectivity index (χ1n) is 7.73. The molecule has 5 nitrogen and oxygen atoms in total. The first kappa shape index (κ1) is 16.6. The van der Waals surface area contributed by atoms with Gasteiger partial charge >= 0.3 is 0 Å². The van der Waals surface area contributed by atoms with Crippen LogP contribution >= 0.6 is 11.6 Å². The van der Waals surface area contributed by atoms with Crippen LogP contribution in [0.25, 0.3) is 0 Å². The van der Waals surface area contributed by atoms with Crippen LogP contribution in [0, 0.1) is 0 Å². The fraction of sp³-hybridized carbons (Fsp3) is 0.562. The number of rotatable bonds is 4. The van der Waals surface area contributed by atoms with E-state index in [4.69, 9.17) is 16.3 Å². The standard InChI is InChI=1S/C16H20ClNO4S/c1-23(20,21)15-8-12-4-5-13(9-15)18(12)16(19)10-22-14-6-2-11(17)3-7-14/h2-3,6-7,12-13,15H,4-5,8-10H2,1H3. The second-order valence-corrected chi connectivity index (χ2v) is 9.11. The summed E-state index contributed by atoms with van der Waals surface area (Å²) in [5, 5.41) is 0.297. The highest BCUT2D eigenvalue weighted by molar-refractivity contribution is 7.91. The van der Waals surface area contributed by atoms with Crippen molar-refractivity contribution in [2.24, 2.45) is 0 Å². The van der Waals surface area contributed by atoms with E-state index in [1.165, 1.54) is 6.26 Å². The number of hydrogen-bond donors (Lipinski definition) is 0. The van der Waals surface area contributed by atoms with Crippen LogP contribution in [0.2, 0.25) is 5.02 Å². The zero-order chi connectivity index (χ0) is 16.6. The predicted molar refractivity (Wildman–Crippen MR) is 88.5 cm³/mol. The predicted octanol–water partition coefficient (Wildman–Crippen LogP) is 2.29. The van der Waals surface area contributed by atoms with Crippen molar-refractivity contribution in [3.05, 3.63) is 29.3 Å². The molecule has 2 aliphatic heterocycles. The molecule has 3 rings (SSSR count). The van der Waals surface area contributed by atoms with Crippen LogP contribution in [0.3, 0.4) is 0 Å². The highest BCUT2D eigenvalue weighted by atomic mass is 35.5. The number of amides is 1. The molecule has 2 bridgehead atoms. The summed E-state index contributed by atoms with van der Waals surface area (Å²) in [6.45, 7) is -0.0296. The lowest BCUT2D eigenvalue weighted by Crippen LogP contribution is -2.51. The average molecular weight is 358 g/mol. The molecule has 0 spiro atoms. The Kier molecular flexibility index (Phi) is 4.56. The molecular formula is C16H20ClNO4S. The smallest absolute Gasteiger partial charge is 0.261 e. The van der Waals surface area contributed by atoms with E-state index in [1.54, 1.807) is 24.3 Å². The Balaban J connectivity index is 1.62. The maximum atomic E-state index is 12.5. The lowest BCUT2D eigenvalue weighted by molar-refractivity contribution is -0.137. The third-order valence-electron chi connectivity index (χ3n) is 4.76. The molecule has 2 heterocycles. The Morgan fingerprint density at radius 1 is 1.22 bits per heavy atom. The van der Waals surface area contributed by atoms with Gasteiger partial charge in [0.05, 0.1) is 5.25 Å². The molecule has 126 valence electrons. The molecule has 2 aliphatic rings. The summed E-state index contributed by atoms with van der Waals surface area (Å²) in [6, 6.07) is 6.91. The number of benzene rings is 1. The zero-order valence-electron chi connectivity index (χ0n) is 12.9. The quantitative estimate of drug-likeness (QED) is 0.829. The Hall–Kier alpha value is -1.27. The molecule has 23 heavy (non-hydrogen) atoms. The van der Waals surface area contributed by atoms with Crippen LogP contribution in [0.5, 0.6) is 5.75 Å². The minimum absolute atomic E-state index is 0.0230. The van der Waals surface area contributed by atoms with Crippen LogP contribution < -0.4 is 4.74 Å². The molecule has 0 saturated carbocycles. The lowest BCUT2D eigenvalue weighted by Gasteiger charge is -2.38. The first-order chi connectivity index (χ1) is 10.8. The van der Waals surface area contributed by atoms with Gasteiger partial charge in [0.25, 0.3) is 5.91 Å². The van der Waals surface area contributed by atoms with Crippen molar-refractivity contribution in [2.75, 3.05) is 12.9 Å². The van der Waals surface area contributed by atoms with E-state index in [2.05, 4.69) is 0 Å². The number of fused-ring (bicyclic) bond motifs is 2. The molecule has 2 fully saturated rings. The van der Waals surface area contributed by atoms with E-state index < -0.39 is 9.84 Å². The van der Waals surface area contributed by atoms with Crippen LogP contribution in [-0.2, 0) is 14.6 Å². The summed E-state index contributed by atoms with van der Waals surface area (Å²) in [5.74, 6) is 0.528. The number of nitrogens with zero attached hydrogens (tertiary/aromatic N) is 1. The molecule has 1 aromatic rings. The van der Waals surface area contributed by atoms with Gasteiger partial charge in [-0.1, -0.05) is 11.6 Å². The van der Waals surface area contributed by atoms with E-state index in [0.717, 1.165) is 12.8 Å². The van der Waals surface area contributed by atoms with Gasteiger partial charge in [-0.25, -0.2) is 8.42 Å². The molecule has 7 heteroatoms. The number of ether oxygens (including phenoxy) is 1. The fourth-order valence-electron chi connectivity index (χ4n) is 3.63. The molecule has 0 N–H and O–H groups in total. The van der Waals surface area contributed by atoms with Crippen molar-refractivity contribution in [3.63, 3.8) is 0 Å². The number of piperidine rings is 1. The molecule has 0 aromatic heterocycles. The highest BCUT2D eigenvalue weighted by Crippen LogP contribution is 2.38. The molecule has 2 saturated heterocycles. The van der Waals surface area contributed by atoms with Crippen molar-refractivity contribution >= 4 is 27.3 Å². The van der Waals surface area contributed by atoms with E-state index >= 15 is 0 Å². The summed E-state index contributed by atoms with van der Waals surface area (Å²) < 4.78 is 29.1. The van der Waals surface area contributed by atoms with Gasteiger partial charge in [-0.3, -0.25) is 4.79 Å². The molecule has 0 aliphatic carbocycles. The normalized spacial score (nSPS) is 27.0. The molecule has 1 aromatic carbocycles. The number of sulfone groups is 1. The van der Waals surface area contributed by atoms with E-state index in [-0.39, 0.29) is 29.8 Å². The molecule has 2 atom stereocenters. The second-order valence-electron chi connectivity index (χ2n) is 6.35. The maximum Gasteiger partial charge on any atom is 0.261 e. The van der Waals surface area contributed by atoms with Gasteiger partial charge in [0.2, 0.25) is 0 Å². The minimum Gasteiger partial charge on any atom is -0.484 e. The Morgan fingerprint density at radius 3 is 2.30 bits per heavy atom. The maximum absolute atomic E-state index is 12.5. The van der Waals surface area contributed by atoms with Crippen molar-refractivity contribution in [1.29, 1.82) is 0 Å². The van der Waals surface area contributed by atoms with Crippen molar-refractivity contribution in [2.45, 2.75) is 43.0 Å². The van der Waals surface area contributed by atoms with Gasteiger partial charge in [-0.2, -0.15) is 0 Å². The fourth-order valence-corrected chi connectivity index (χ4v) is 4.90. The summed E-state index contributed by atoms with van der Waals surface area (Å²) >= 11 is 5.81. The topological polar surface area (TPSA) is 63.7 Å². The van der Waals surface area contributed by atoms with Crippen LogP contribution in [0.1, 0.15) is 25.7 Å². The number of halogens is 1. The van der Waals surface area contributed by atoms with Gasteiger partial charge < -0.3 is 9.64 Å². The summed E-state index contributed by atoms with van der Waals surface area (Å²) in [5.41, 5.74) is 0. The number of carbonyl (C=O) groups excluding carboxylic acids is 1. The van der Waals surface area contributed by atoms with Crippen molar-refractivity contribution in [1.82, 2.24) is 4.90 Å². The first-order valence-corrected chi connectivity index (χ1v) is 10.1. The number of hydrogen-bond acceptors (Lipinski definition) is 4. The van der Waals surface area contributed by atoms with Crippen LogP contribution in [0.15, 0.2) is 24.3 Å². The average Bonchev–Trinajstić information content (AvgIpc) is 2.75. The Labute approximate surface area is 141 Å². The van der Waals surface area contributed by atoms with Gasteiger partial charge in [0.1, 0.15) is 15.6 Å². The highest BCUT2D eigenvalue weighted by Gasteiger charge is 2.45. The second kappa shape index (κ2) is 6.32. The largest absolute Gasteiger partial charge is 0.484 e. The Morgan fingerprint density at radius 2 is 1.78 bits per heavy atom. The van der Waals surface area contributed by atoms with Gasteiger partial charge in [0, 0.05) is 23.4 Å². The molecule has 1 amide bonds. The van der Waals surface area contributed by atoms with Gasteiger partial charge in [-0.05, 0) is 49.9 Å². The third-order valence-corrected chi connectivity index (χ3v) is 6.61. The van der Waals surface area contributed by atoms with Gasteiger partial charge in [-0.15, -0.1) is 0 Å². The summed E-state index contributed by atoms with van der Waals surface area (Å²) in [4.78, 5) is 14.3. The van der Waals surface area contributed by atoms with Crippen molar-refractivity contribution in [3.8, 4) is 5.75 Å². The number of carbonyl (C=O) groups is 1. The van der Waals surface area contributed by atoms with E-state index in [9.17, 15) is 13.2 Å². The molecule has 0 radical (unpaired) electrons. The lowest BCUT2D eigenvalue weighted by atomic mass is 10.0. The van der Waals surface area contributed by atoms with Gasteiger partial charge in [0.15, 0.2) is 6.61 Å². The third kappa shape index (κ3) is 3.63. The monoisotopic (exact) mass is 357 g/mol. The molecule has 2 unspecified atom stereocenters. The van der Waals surface area contributed by atoms with Crippen LogP contribution in [-0.4, -0.2) is 49.4 Å². The SMILES string of the molecule is CS(=O)(=O)C1CC2CCC(C1)N2C(=O)COc1ccc(Cl)cc1. The summed E-state index contributed by atoms with van der Waals surface area (Å²) in [6.07, 6.45) is 4.13. The van der Waals surface area contributed by atoms with E-state index in [1.807, 2.05) is 4.90 Å². The Bertz CT molecular complexity index is 675. The zero-order valence-corrected chi connectivity index (χ0v) is 14.5. The molecular weight excluding hydrogens is 338 g/mol.